The van der Waals surface area contributed by atoms with Crippen LogP contribution in [0.15, 0.2) is 206 Å². The predicted molar refractivity (Wildman–Crippen MR) is 212 cm³/mol. The highest BCUT2D eigenvalue weighted by Crippen LogP contribution is 2.45. The SMILES string of the molecule is c1ccc(-c2ccccc2N(c2ccccc2)c2ccccc2-c2cccc(-c3cccc4c3c3ccccc3n4-c3ccccc3)c2)cc1. The van der Waals surface area contributed by atoms with E-state index in [1.807, 2.05) is 0 Å². The third kappa shape index (κ3) is 5.15. The van der Waals surface area contributed by atoms with Gasteiger partial charge in [0, 0.05) is 33.3 Å². The van der Waals surface area contributed by atoms with Crippen LogP contribution in [0.1, 0.15) is 0 Å². The summed E-state index contributed by atoms with van der Waals surface area (Å²) in [5, 5.41) is 2.51. The zero-order chi connectivity index (χ0) is 33.3. The number of benzene rings is 8. The maximum absolute atomic E-state index is 2.40. The summed E-state index contributed by atoms with van der Waals surface area (Å²) in [5.41, 5.74) is 14.1. The Kier molecular flexibility index (Phi) is 7.53. The van der Waals surface area contributed by atoms with E-state index in [1.165, 1.54) is 55.2 Å². The Labute approximate surface area is 292 Å². The fourth-order valence-electron chi connectivity index (χ4n) is 7.40. The van der Waals surface area contributed by atoms with Gasteiger partial charge in [-0.25, -0.2) is 0 Å². The molecule has 236 valence electrons. The number of anilines is 3. The van der Waals surface area contributed by atoms with Crippen molar-refractivity contribution in [3.8, 4) is 39.1 Å². The summed E-state index contributed by atoms with van der Waals surface area (Å²) in [6, 6.07) is 74.0. The van der Waals surface area contributed by atoms with Crippen molar-refractivity contribution in [1.82, 2.24) is 4.57 Å². The predicted octanol–water partition coefficient (Wildman–Crippen LogP) is 13.3. The van der Waals surface area contributed by atoms with Gasteiger partial charge in [0.25, 0.3) is 0 Å². The first-order valence-corrected chi connectivity index (χ1v) is 17.1. The molecule has 0 N–H and O–H groups in total. The van der Waals surface area contributed by atoms with Crippen molar-refractivity contribution in [2.24, 2.45) is 0 Å². The monoisotopic (exact) mass is 638 g/mol. The van der Waals surface area contributed by atoms with Gasteiger partial charge >= 0.3 is 0 Å². The molecule has 9 rings (SSSR count). The summed E-state index contributed by atoms with van der Waals surface area (Å²) in [7, 11) is 0. The van der Waals surface area contributed by atoms with Crippen LogP contribution in [-0.2, 0) is 0 Å². The minimum absolute atomic E-state index is 1.11. The lowest BCUT2D eigenvalue weighted by Gasteiger charge is -2.30. The quantitative estimate of drug-likeness (QED) is 0.169. The Balaban J connectivity index is 1.23. The van der Waals surface area contributed by atoms with Crippen LogP contribution in [0, 0.1) is 0 Å². The van der Waals surface area contributed by atoms with Crippen LogP contribution in [0.3, 0.4) is 0 Å². The number of hydrogen-bond acceptors (Lipinski definition) is 1. The van der Waals surface area contributed by atoms with Crippen LogP contribution < -0.4 is 4.90 Å². The first-order valence-electron chi connectivity index (χ1n) is 17.1. The number of aromatic nitrogens is 1. The van der Waals surface area contributed by atoms with Crippen molar-refractivity contribution in [3.05, 3.63) is 206 Å². The van der Waals surface area contributed by atoms with Crippen LogP contribution in [0.25, 0.3) is 60.9 Å². The molecule has 8 aromatic carbocycles. The van der Waals surface area contributed by atoms with E-state index in [1.54, 1.807) is 0 Å². The average Bonchev–Trinajstić information content (AvgIpc) is 3.54. The molecule has 0 unspecified atom stereocenters. The molecular weight excluding hydrogens is 605 g/mol. The lowest BCUT2D eigenvalue weighted by molar-refractivity contribution is 1.18. The fourth-order valence-corrected chi connectivity index (χ4v) is 7.40. The number of fused-ring (bicyclic) bond motifs is 3. The second-order valence-electron chi connectivity index (χ2n) is 12.5. The Morgan fingerprint density at radius 2 is 0.820 bits per heavy atom. The van der Waals surface area contributed by atoms with Crippen molar-refractivity contribution >= 4 is 38.9 Å². The molecule has 0 amide bonds. The molecule has 1 heterocycles. The molecule has 0 atom stereocenters. The number of rotatable bonds is 7. The van der Waals surface area contributed by atoms with Crippen LogP contribution in [-0.4, -0.2) is 4.57 Å². The molecule has 0 aliphatic heterocycles. The minimum atomic E-state index is 1.11. The third-order valence-corrected chi connectivity index (χ3v) is 9.59. The zero-order valence-electron chi connectivity index (χ0n) is 27.5. The second-order valence-corrected chi connectivity index (χ2v) is 12.5. The van der Waals surface area contributed by atoms with Crippen LogP contribution in [0.2, 0.25) is 0 Å². The van der Waals surface area contributed by atoms with Gasteiger partial charge in [-0.05, 0) is 76.9 Å². The third-order valence-electron chi connectivity index (χ3n) is 9.59. The van der Waals surface area contributed by atoms with Gasteiger partial charge in [-0.15, -0.1) is 0 Å². The van der Waals surface area contributed by atoms with Crippen LogP contribution >= 0.6 is 0 Å². The molecule has 0 radical (unpaired) electrons. The molecule has 0 spiro atoms. The molecule has 2 nitrogen and oxygen atoms in total. The maximum atomic E-state index is 2.40. The fraction of sp³-hybridized carbons (Fsp3) is 0. The van der Waals surface area contributed by atoms with Gasteiger partial charge in [-0.1, -0.05) is 152 Å². The molecule has 0 saturated carbocycles. The van der Waals surface area contributed by atoms with E-state index in [-0.39, 0.29) is 0 Å². The van der Waals surface area contributed by atoms with E-state index in [0.717, 1.165) is 22.7 Å². The average molecular weight is 639 g/mol. The van der Waals surface area contributed by atoms with Crippen LogP contribution in [0.5, 0.6) is 0 Å². The van der Waals surface area contributed by atoms with E-state index in [4.69, 9.17) is 0 Å². The highest BCUT2D eigenvalue weighted by Gasteiger charge is 2.21. The molecule has 50 heavy (non-hydrogen) atoms. The summed E-state index contributed by atoms with van der Waals surface area (Å²) in [6.45, 7) is 0. The largest absolute Gasteiger partial charge is 0.309 e. The van der Waals surface area contributed by atoms with E-state index >= 15 is 0 Å². The van der Waals surface area contributed by atoms with E-state index in [9.17, 15) is 0 Å². The lowest BCUT2D eigenvalue weighted by Crippen LogP contribution is -2.12. The normalized spacial score (nSPS) is 11.2. The van der Waals surface area contributed by atoms with Crippen molar-refractivity contribution in [2.45, 2.75) is 0 Å². The van der Waals surface area contributed by atoms with E-state index in [0.29, 0.717) is 0 Å². The molecule has 0 saturated heterocycles. The Morgan fingerprint density at radius 3 is 1.54 bits per heavy atom. The minimum Gasteiger partial charge on any atom is -0.309 e. The highest BCUT2D eigenvalue weighted by molar-refractivity contribution is 6.16. The molecule has 0 aliphatic rings. The molecule has 0 bridgehead atoms. The van der Waals surface area contributed by atoms with Gasteiger partial charge in [0.1, 0.15) is 0 Å². The molecular formula is C48H34N2. The Bertz CT molecular complexity index is 2580. The number of hydrogen-bond donors (Lipinski definition) is 0. The summed E-state index contributed by atoms with van der Waals surface area (Å²) in [5.74, 6) is 0. The van der Waals surface area contributed by atoms with Gasteiger partial charge < -0.3 is 9.47 Å². The first-order chi connectivity index (χ1) is 24.8. The lowest BCUT2D eigenvalue weighted by atomic mass is 9.94. The summed E-state index contributed by atoms with van der Waals surface area (Å²) in [6.07, 6.45) is 0. The Hall–Kier alpha value is -6.64. The Morgan fingerprint density at radius 1 is 0.340 bits per heavy atom. The summed E-state index contributed by atoms with van der Waals surface area (Å²) < 4.78 is 2.38. The van der Waals surface area contributed by atoms with E-state index in [2.05, 4.69) is 216 Å². The number of nitrogens with zero attached hydrogens (tertiary/aromatic N) is 2. The molecule has 0 fully saturated rings. The summed E-state index contributed by atoms with van der Waals surface area (Å²) >= 11 is 0. The van der Waals surface area contributed by atoms with Gasteiger partial charge in [0.15, 0.2) is 0 Å². The van der Waals surface area contributed by atoms with Crippen molar-refractivity contribution in [3.63, 3.8) is 0 Å². The van der Waals surface area contributed by atoms with Crippen molar-refractivity contribution in [1.29, 1.82) is 0 Å². The molecule has 9 aromatic rings. The van der Waals surface area contributed by atoms with Crippen molar-refractivity contribution < 1.29 is 0 Å². The smallest absolute Gasteiger partial charge is 0.0547 e. The van der Waals surface area contributed by atoms with Gasteiger partial charge in [-0.2, -0.15) is 0 Å². The van der Waals surface area contributed by atoms with Gasteiger partial charge in [0.2, 0.25) is 0 Å². The van der Waals surface area contributed by atoms with E-state index < -0.39 is 0 Å². The van der Waals surface area contributed by atoms with Gasteiger partial charge in [-0.3, -0.25) is 0 Å². The van der Waals surface area contributed by atoms with Crippen LogP contribution in [0.4, 0.5) is 17.1 Å². The van der Waals surface area contributed by atoms with Gasteiger partial charge in [0.05, 0.1) is 22.4 Å². The number of para-hydroxylation sites is 5. The molecule has 1 aromatic heterocycles. The standard InChI is InChI=1S/C48H34N2/c1-4-18-35(19-5-1)40-26-10-13-30-44(40)49(38-22-6-2-7-23-38)45-31-14-11-27-41(45)36-20-16-21-37(34-36)42-29-17-33-47-48(42)43-28-12-15-32-46(43)50(47)39-24-8-3-9-25-39/h1-34H. The maximum Gasteiger partial charge on any atom is 0.0547 e. The molecule has 2 heteroatoms. The first kappa shape index (κ1) is 29.5. The van der Waals surface area contributed by atoms with Crippen molar-refractivity contribution in [2.75, 3.05) is 4.90 Å². The second kappa shape index (κ2) is 12.8. The highest BCUT2D eigenvalue weighted by atomic mass is 15.1. The zero-order valence-corrected chi connectivity index (χ0v) is 27.5. The summed E-state index contributed by atoms with van der Waals surface area (Å²) in [4.78, 5) is 2.40. The molecule has 0 aliphatic carbocycles. The topological polar surface area (TPSA) is 8.17 Å².